The van der Waals surface area contributed by atoms with Crippen molar-refractivity contribution < 1.29 is 9.21 Å². The minimum absolute atomic E-state index is 0.0172. The summed E-state index contributed by atoms with van der Waals surface area (Å²) >= 11 is 0. The van der Waals surface area contributed by atoms with E-state index >= 15 is 0 Å². The number of benzene rings is 1. The number of hydrogen-bond donors (Lipinski definition) is 0. The quantitative estimate of drug-likeness (QED) is 0.711. The maximum atomic E-state index is 12.7. The normalized spacial score (nSPS) is 13.5. The van der Waals surface area contributed by atoms with Crippen LogP contribution in [0, 0.1) is 13.8 Å². The van der Waals surface area contributed by atoms with Gasteiger partial charge in [-0.3, -0.25) is 9.36 Å². The fourth-order valence-corrected chi connectivity index (χ4v) is 3.32. The van der Waals surface area contributed by atoms with Gasteiger partial charge in [0.05, 0.1) is 6.54 Å². The van der Waals surface area contributed by atoms with Crippen molar-refractivity contribution in [2.75, 3.05) is 6.54 Å². The van der Waals surface area contributed by atoms with Crippen molar-refractivity contribution in [3.63, 3.8) is 0 Å². The first kappa shape index (κ1) is 17.2. The fourth-order valence-electron chi connectivity index (χ4n) is 3.32. The number of oxazole rings is 1. The van der Waals surface area contributed by atoms with Gasteiger partial charge in [-0.05, 0) is 32.0 Å². The second kappa shape index (κ2) is 6.83. The molecule has 1 amide bonds. The van der Waals surface area contributed by atoms with Gasteiger partial charge < -0.3 is 9.32 Å². The monoisotopic (exact) mass is 364 g/mol. The number of amides is 1. The minimum atomic E-state index is -0.397. The molecule has 4 rings (SSSR count). The SMILES string of the molecule is Cc1cc(C)n(CC(=O)N2CCc3oc(-c4ccccc4)nc3C2)c(=O)n1. The molecule has 0 atom stereocenters. The first-order valence-electron chi connectivity index (χ1n) is 8.88. The van der Waals surface area contributed by atoms with Crippen LogP contribution in [0.4, 0.5) is 0 Å². The number of hydrogen-bond acceptors (Lipinski definition) is 5. The number of carbonyl (C=O) groups is 1. The Hall–Kier alpha value is -3.22. The van der Waals surface area contributed by atoms with Gasteiger partial charge >= 0.3 is 5.69 Å². The van der Waals surface area contributed by atoms with Crippen molar-refractivity contribution in [1.82, 2.24) is 19.4 Å². The summed E-state index contributed by atoms with van der Waals surface area (Å²) in [5.74, 6) is 1.27. The highest BCUT2D eigenvalue weighted by atomic mass is 16.4. The summed E-state index contributed by atoms with van der Waals surface area (Å²) in [6.45, 7) is 4.49. The van der Waals surface area contributed by atoms with Crippen LogP contribution in [0.3, 0.4) is 0 Å². The van der Waals surface area contributed by atoms with Gasteiger partial charge in [0.15, 0.2) is 0 Å². The Labute approximate surface area is 156 Å². The van der Waals surface area contributed by atoms with Crippen LogP contribution in [-0.2, 0) is 24.3 Å². The summed E-state index contributed by atoms with van der Waals surface area (Å²) in [5, 5.41) is 0. The van der Waals surface area contributed by atoms with E-state index in [0.29, 0.717) is 31.1 Å². The Kier molecular flexibility index (Phi) is 4.35. The molecule has 0 N–H and O–H groups in total. The molecule has 2 aromatic heterocycles. The number of carbonyl (C=O) groups excluding carboxylic acids is 1. The first-order valence-corrected chi connectivity index (χ1v) is 8.88. The van der Waals surface area contributed by atoms with Gasteiger partial charge in [0.2, 0.25) is 11.8 Å². The van der Waals surface area contributed by atoms with E-state index in [4.69, 9.17) is 4.42 Å². The minimum Gasteiger partial charge on any atom is -0.441 e. The molecule has 0 fully saturated rings. The van der Waals surface area contributed by atoms with E-state index in [-0.39, 0.29) is 12.5 Å². The highest BCUT2D eigenvalue weighted by Crippen LogP contribution is 2.26. The van der Waals surface area contributed by atoms with Crippen LogP contribution in [0.5, 0.6) is 0 Å². The summed E-state index contributed by atoms with van der Waals surface area (Å²) in [7, 11) is 0. The molecule has 0 aliphatic carbocycles. The Morgan fingerprint density at radius 2 is 1.96 bits per heavy atom. The first-order chi connectivity index (χ1) is 13.0. The molecule has 7 nitrogen and oxygen atoms in total. The number of aromatic nitrogens is 3. The molecule has 138 valence electrons. The Balaban J connectivity index is 1.52. The molecule has 0 bridgehead atoms. The van der Waals surface area contributed by atoms with Gasteiger partial charge in [0.1, 0.15) is 18.0 Å². The van der Waals surface area contributed by atoms with Crippen LogP contribution >= 0.6 is 0 Å². The van der Waals surface area contributed by atoms with E-state index in [2.05, 4.69) is 9.97 Å². The third-order valence-corrected chi connectivity index (χ3v) is 4.74. The third-order valence-electron chi connectivity index (χ3n) is 4.74. The van der Waals surface area contributed by atoms with Gasteiger partial charge in [-0.1, -0.05) is 18.2 Å². The Morgan fingerprint density at radius 3 is 2.70 bits per heavy atom. The molecular weight excluding hydrogens is 344 g/mol. The summed E-state index contributed by atoms with van der Waals surface area (Å²) in [4.78, 5) is 35.0. The van der Waals surface area contributed by atoms with Gasteiger partial charge in [0, 0.05) is 29.9 Å². The summed E-state index contributed by atoms with van der Waals surface area (Å²) in [5.41, 5.74) is 2.68. The van der Waals surface area contributed by atoms with E-state index in [1.165, 1.54) is 4.57 Å². The van der Waals surface area contributed by atoms with Crippen molar-refractivity contribution >= 4 is 5.91 Å². The molecule has 3 heterocycles. The molecule has 0 saturated carbocycles. The molecular formula is C20H20N4O3. The predicted octanol–water partition coefficient (Wildman–Crippen LogP) is 2.10. The largest absolute Gasteiger partial charge is 0.441 e. The molecule has 3 aromatic rings. The van der Waals surface area contributed by atoms with Crippen LogP contribution in [0.15, 0.2) is 45.6 Å². The molecule has 0 spiro atoms. The lowest BCUT2D eigenvalue weighted by Crippen LogP contribution is -2.40. The highest BCUT2D eigenvalue weighted by Gasteiger charge is 2.26. The molecule has 0 unspecified atom stereocenters. The van der Waals surface area contributed by atoms with Gasteiger partial charge in [-0.15, -0.1) is 0 Å². The number of nitrogens with zero attached hydrogens (tertiary/aromatic N) is 4. The van der Waals surface area contributed by atoms with Crippen molar-refractivity contribution in [2.24, 2.45) is 0 Å². The van der Waals surface area contributed by atoms with Crippen molar-refractivity contribution in [3.8, 4) is 11.5 Å². The maximum absolute atomic E-state index is 12.7. The van der Waals surface area contributed by atoms with Crippen molar-refractivity contribution in [3.05, 3.63) is 69.7 Å². The zero-order valence-corrected chi connectivity index (χ0v) is 15.3. The average molecular weight is 364 g/mol. The molecule has 1 aliphatic heterocycles. The summed E-state index contributed by atoms with van der Waals surface area (Å²) in [6, 6.07) is 11.5. The summed E-state index contributed by atoms with van der Waals surface area (Å²) < 4.78 is 7.28. The maximum Gasteiger partial charge on any atom is 0.348 e. The second-order valence-electron chi connectivity index (χ2n) is 6.73. The molecule has 0 saturated heterocycles. The standard InChI is InChI=1S/C20H20N4O3/c1-13-10-14(2)24(20(26)21-13)12-18(25)23-9-8-17-16(11-23)22-19(27-17)15-6-4-3-5-7-15/h3-7,10H,8-9,11-12H2,1-2H3. The topological polar surface area (TPSA) is 81.2 Å². The van der Waals surface area contributed by atoms with Crippen LogP contribution in [0.1, 0.15) is 22.8 Å². The Morgan fingerprint density at radius 1 is 1.19 bits per heavy atom. The van der Waals surface area contributed by atoms with E-state index in [1.54, 1.807) is 24.8 Å². The lowest BCUT2D eigenvalue weighted by Gasteiger charge is -2.25. The van der Waals surface area contributed by atoms with E-state index < -0.39 is 5.69 Å². The van der Waals surface area contributed by atoms with Crippen molar-refractivity contribution in [2.45, 2.75) is 33.4 Å². The lowest BCUT2D eigenvalue weighted by atomic mass is 10.1. The second-order valence-corrected chi connectivity index (χ2v) is 6.73. The highest BCUT2D eigenvalue weighted by molar-refractivity contribution is 5.76. The number of aryl methyl sites for hydroxylation is 2. The predicted molar refractivity (Wildman–Crippen MR) is 99.0 cm³/mol. The zero-order chi connectivity index (χ0) is 19.0. The molecule has 0 radical (unpaired) electrons. The summed E-state index contributed by atoms with van der Waals surface area (Å²) in [6.07, 6.45) is 0.612. The van der Waals surface area contributed by atoms with Crippen LogP contribution in [0.25, 0.3) is 11.5 Å². The average Bonchev–Trinajstić information content (AvgIpc) is 3.08. The molecule has 1 aromatic carbocycles. The van der Waals surface area contributed by atoms with Crippen LogP contribution in [-0.4, -0.2) is 31.9 Å². The molecule has 1 aliphatic rings. The van der Waals surface area contributed by atoms with E-state index in [1.807, 2.05) is 30.3 Å². The lowest BCUT2D eigenvalue weighted by molar-refractivity contribution is -0.133. The fraction of sp³-hybridized carbons (Fsp3) is 0.300. The Bertz CT molecular complexity index is 1050. The van der Waals surface area contributed by atoms with E-state index in [9.17, 15) is 9.59 Å². The van der Waals surface area contributed by atoms with Gasteiger partial charge in [0.25, 0.3) is 0 Å². The van der Waals surface area contributed by atoms with Gasteiger partial charge in [-0.25, -0.2) is 9.78 Å². The van der Waals surface area contributed by atoms with E-state index in [0.717, 1.165) is 22.7 Å². The van der Waals surface area contributed by atoms with Crippen LogP contribution in [0.2, 0.25) is 0 Å². The smallest absolute Gasteiger partial charge is 0.348 e. The van der Waals surface area contributed by atoms with Crippen LogP contribution < -0.4 is 5.69 Å². The number of fused-ring (bicyclic) bond motifs is 1. The van der Waals surface area contributed by atoms with Crippen molar-refractivity contribution in [1.29, 1.82) is 0 Å². The zero-order valence-electron chi connectivity index (χ0n) is 15.3. The van der Waals surface area contributed by atoms with Gasteiger partial charge in [-0.2, -0.15) is 4.98 Å². The number of rotatable bonds is 3. The third kappa shape index (κ3) is 3.40. The molecule has 7 heteroatoms. The molecule has 27 heavy (non-hydrogen) atoms.